The van der Waals surface area contributed by atoms with Crippen LogP contribution < -0.4 is 5.32 Å². The third-order valence-corrected chi connectivity index (χ3v) is 9.03. The van der Waals surface area contributed by atoms with Gasteiger partial charge in [-0.2, -0.15) is 4.31 Å². The van der Waals surface area contributed by atoms with Gasteiger partial charge in [-0.3, -0.25) is 0 Å². The minimum Gasteiger partial charge on any atom is -0.360 e. The second kappa shape index (κ2) is 9.21. The Morgan fingerprint density at radius 2 is 1.97 bits per heavy atom. The van der Waals surface area contributed by atoms with E-state index in [1.165, 1.54) is 11.3 Å². The molecule has 2 aromatic heterocycles. The van der Waals surface area contributed by atoms with Crippen molar-refractivity contribution in [3.8, 4) is 0 Å². The first-order chi connectivity index (χ1) is 14.5. The highest BCUT2D eigenvalue weighted by molar-refractivity contribution is 8.00. The summed E-state index contributed by atoms with van der Waals surface area (Å²) in [5.41, 5.74) is 1.67. The van der Waals surface area contributed by atoms with E-state index < -0.39 is 10.0 Å². The Morgan fingerprint density at radius 1 is 1.17 bits per heavy atom. The van der Waals surface area contributed by atoms with Gasteiger partial charge < -0.3 is 9.88 Å². The van der Waals surface area contributed by atoms with Gasteiger partial charge in [-0.15, -0.1) is 10.2 Å². The van der Waals surface area contributed by atoms with E-state index in [0.717, 1.165) is 58.7 Å². The topological polar surface area (TPSA) is 93.0 Å². The summed E-state index contributed by atoms with van der Waals surface area (Å²) in [4.78, 5) is 5.09. The smallest absolute Gasteiger partial charge is 0.243 e. The molecule has 0 amide bonds. The molecule has 0 aliphatic carbocycles. The average Bonchev–Trinajstić information content (AvgIpc) is 3.36. The summed E-state index contributed by atoms with van der Waals surface area (Å²) < 4.78 is 30.7. The van der Waals surface area contributed by atoms with Crippen molar-refractivity contribution in [1.29, 1.82) is 0 Å². The number of piperidine rings is 1. The minimum absolute atomic E-state index is 0.330. The highest BCUT2D eigenvalue weighted by atomic mass is 32.2. The fourth-order valence-corrected chi connectivity index (χ4v) is 6.96. The number of fused-ring (bicyclic) bond motifs is 1. The molecule has 162 valence electrons. The monoisotopic (exact) mass is 466 g/mol. The van der Waals surface area contributed by atoms with E-state index in [9.17, 15) is 8.42 Å². The third-order valence-electron chi connectivity index (χ3n) is 5.13. The number of thioether (sulfide) groups is 1. The van der Waals surface area contributed by atoms with Gasteiger partial charge in [0.2, 0.25) is 15.2 Å². The quantitative estimate of drug-likeness (QED) is 0.505. The number of nitrogens with one attached hydrogen (secondary N) is 1. The van der Waals surface area contributed by atoms with Gasteiger partial charge in [-0.25, -0.2) is 13.4 Å². The van der Waals surface area contributed by atoms with Crippen LogP contribution in [0.15, 0.2) is 27.4 Å². The number of aryl methyl sites for hydroxylation is 1. The molecule has 1 saturated heterocycles. The maximum absolute atomic E-state index is 13.0. The molecule has 0 saturated carbocycles. The summed E-state index contributed by atoms with van der Waals surface area (Å²) in [6.45, 7) is 6.88. The zero-order valence-electron chi connectivity index (χ0n) is 17.2. The number of nitrogens with zero attached hydrogens (tertiary/aromatic N) is 5. The fourth-order valence-electron chi connectivity index (χ4n) is 3.65. The van der Waals surface area contributed by atoms with Gasteiger partial charge in [-0.1, -0.05) is 29.5 Å². The molecular weight excluding hydrogens is 440 g/mol. The zero-order valence-corrected chi connectivity index (χ0v) is 19.6. The molecule has 11 heteroatoms. The summed E-state index contributed by atoms with van der Waals surface area (Å²) >= 11 is 3.12. The maximum Gasteiger partial charge on any atom is 0.243 e. The summed E-state index contributed by atoms with van der Waals surface area (Å²) in [7, 11) is -3.47. The molecule has 0 atom stereocenters. The first-order valence-corrected chi connectivity index (χ1v) is 13.5. The Balaban J connectivity index is 1.58. The molecule has 8 nitrogen and oxygen atoms in total. The van der Waals surface area contributed by atoms with Crippen molar-refractivity contribution in [1.82, 2.24) is 24.1 Å². The van der Waals surface area contributed by atoms with Crippen LogP contribution in [0.25, 0.3) is 11.0 Å². The Morgan fingerprint density at radius 3 is 2.70 bits per heavy atom. The number of hydrogen-bond acceptors (Lipinski definition) is 8. The fraction of sp³-hybridized carbons (Fsp3) is 0.526. The van der Waals surface area contributed by atoms with E-state index in [-0.39, 0.29) is 0 Å². The lowest BCUT2D eigenvalue weighted by Gasteiger charge is -2.25. The second-order valence-corrected chi connectivity index (χ2v) is 11.2. The van der Waals surface area contributed by atoms with Crippen molar-refractivity contribution >= 4 is 49.3 Å². The van der Waals surface area contributed by atoms with Crippen LogP contribution in [-0.4, -0.2) is 52.1 Å². The van der Waals surface area contributed by atoms with Crippen molar-refractivity contribution in [3.05, 3.63) is 24.0 Å². The molecule has 3 aromatic rings. The summed E-state index contributed by atoms with van der Waals surface area (Å²) in [6.07, 6.45) is 2.94. The first kappa shape index (κ1) is 21.5. The molecule has 4 rings (SSSR count). The number of anilines is 1. The lowest BCUT2D eigenvalue weighted by atomic mass is 10.2. The Hall–Kier alpha value is -1.69. The number of rotatable bonds is 8. The van der Waals surface area contributed by atoms with E-state index in [1.807, 2.05) is 13.0 Å². The normalized spacial score (nSPS) is 15.7. The highest BCUT2D eigenvalue weighted by Gasteiger charge is 2.26. The second-order valence-electron chi connectivity index (χ2n) is 7.08. The lowest BCUT2D eigenvalue weighted by Crippen LogP contribution is -2.35. The van der Waals surface area contributed by atoms with Gasteiger partial charge in [0.1, 0.15) is 5.82 Å². The molecule has 1 fully saturated rings. The maximum atomic E-state index is 13.0. The molecule has 0 bridgehead atoms. The largest absolute Gasteiger partial charge is 0.360 e. The molecule has 1 aliphatic heterocycles. The standard InChI is InChI=1S/C19H26N6O2S3/c1-3-20-18-22-23-19(29-18)28-13-17-21-15-12-14(8-9-16(15)25(17)4-2)30(26,27)24-10-6-5-7-11-24/h8-9,12H,3-7,10-11,13H2,1-2H3,(H,20,22). The van der Waals surface area contributed by atoms with E-state index in [4.69, 9.17) is 4.98 Å². The molecule has 0 unspecified atom stereocenters. The van der Waals surface area contributed by atoms with Crippen molar-refractivity contribution in [3.63, 3.8) is 0 Å². The van der Waals surface area contributed by atoms with E-state index >= 15 is 0 Å². The van der Waals surface area contributed by atoms with Gasteiger partial charge in [0.15, 0.2) is 4.34 Å². The van der Waals surface area contributed by atoms with Crippen LogP contribution in [0.5, 0.6) is 0 Å². The van der Waals surface area contributed by atoms with Gasteiger partial charge >= 0.3 is 0 Å². The van der Waals surface area contributed by atoms with Crippen LogP contribution in [0, 0.1) is 0 Å². The number of sulfonamides is 1. The molecule has 0 spiro atoms. The Bertz CT molecular complexity index is 1120. The van der Waals surface area contributed by atoms with Gasteiger partial charge in [0.25, 0.3) is 0 Å². The predicted molar refractivity (Wildman–Crippen MR) is 122 cm³/mol. The van der Waals surface area contributed by atoms with Gasteiger partial charge in [-0.05, 0) is 44.9 Å². The van der Waals surface area contributed by atoms with E-state index in [2.05, 4.69) is 27.0 Å². The molecule has 3 heterocycles. The zero-order chi connectivity index (χ0) is 21.1. The van der Waals surface area contributed by atoms with E-state index in [1.54, 1.807) is 28.2 Å². The summed E-state index contributed by atoms with van der Waals surface area (Å²) in [6, 6.07) is 5.31. The number of imidazole rings is 1. The van der Waals surface area contributed by atoms with Crippen LogP contribution in [0.2, 0.25) is 0 Å². The predicted octanol–water partition coefficient (Wildman–Crippen LogP) is 3.81. The molecular formula is C19H26N6O2S3. The molecule has 1 N–H and O–H groups in total. The Kier molecular flexibility index (Phi) is 6.61. The first-order valence-electron chi connectivity index (χ1n) is 10.2. The molecule has 0 radical (unpaired) electrons. The number of hydrogen-bond donors (Lipinski definition) is 1. The van der Waals surface area contributed by atoms with Crippen molar-refractivity contribution in [2.24, 2.45) is 0 Å². The van der Waals surface area contributed by atoms with Crippen LogP contribution in [0.3, 0.4) is 0 Å². The molecule has 1 aromatic carbocycles. The van der Waals surface area contributed by atoms with Crippen LogP contribution in [0.4, 0.5) is 5.13 Å². The van der Waals surface area contributed by atoms with Crippen LogP contribution in [-0.2, 0) is 22.3 Å². The summed E-state index contributed by atoms with van der Waals surface area (Å²) in [5.74, 6) is 1.56. The molecule has 30 heavy (non-hydrogen) atoms. The SMILES string of the molecule is CCNc1nnc(SCc2nc3cc(S(=O)(=O)N4CCCCC4)ccc3n2CC)s1. The summed E-state index contributed by atoms with van der Waals surface area (Å²) in [5, 5.41) is 12.3. The minimum atomic E-state index is -3.47. The molecule has 1 aliphatic rings. The van der Waals surface area contributed by atoms with Gasteiger partial charge in [0.05, 0.1) is 21.7 Å². The van der Waals surface area contributed by atoms with E-state index in [0.29, 0.717) is 23.7 Å². The van der Waals surface area contributed by atoms with Crippen LogP contribution in [0.1, 0.15) is 38.9 Å². The third kappa shape index (κ3) is 4.34. The number of aromatic nitrogens is 4. The van der Waals surface area contributed by atoms with Crippen molar-refractivity contribution in [2.45, 2.75) is 54.6 Å². The van der Waals surface area contributed by atoms with Crippen molar-refractivity contribution in [2.75, 3.05) is 25.0 Å². The van der Waals surface area contributed by atoms with Gasteiger partial charge in [0, 0.05) is 26.2 Å². The Labute approximate surface area is 185 Å². The average molecular weight is 467 g/mol. The van der Waals surface area contributed by atoms with Crippen molar-refractivity contribution < 1.29 is 8.42 Å². The van der Waals surface area contributed by atoms with Crippen LogP contribution >= 0.6 is 23.1 Å². The lowest BCUT2D eigenvalue weighted by molar-refractivity contribution is 0.346. The number of benzene rings is 1. The highest BCUT2D eigenvalue weighted by Crippen LogP contribution is 2.30.